The maximum Gasteiger partial charge on any atom is 0.304 e. The third-order valence-electron chi connectivity index (χ3n) is 5.73. The van der Waals surface area contributed by atoms with Gasteiger partial charge in [0, 0.05) is 22.3 Å². The normalized spacial score (nSPS) is 13.0. The third kappa shape index (κ3) is 4.61. The van der Waals surface area contributed by atoms with E-state index in [1.807, 2.05) is 42.5 Å². The minimum atomic E-state index is -0.906. The predicted octanol–water partition coefficient (Wildman–Crippen LogP) is 6.19. The van der Waals surface area contributed by atoms with Gasteiger partial charge in [-0.3, -0.25) is 4.79 Å². The fourth-order valence-electron chi connectivity index (χ4n) is 4.11. The average Bonchev–Trinajstić information content (AvgIpc) is 3.13. The number of nitrogens with zero attached hydrogens (tertiary/aromatic N) is 1. The van der Waals surface area contributed by atoms with E-state index in [1.54, 1.807) is 0 Å². The molecule has 158 valence electrons. The van der Waals surface area contributed by atoms with Crippen molar-refractivity contribution in [2.24, 2.45) is 11.1 Å². The summed E-state index contributed by atoms with van der Waals surface area (Å²) >= 11 is 0. The zero-order valence-electron chi connectivity index (χ0n) is 17.4. The Hall–Kier alpha value is -3.60. The number of carbonyl (C=O) groups is 1. The van der Waals surface area contributed by atoms with Crippen LogP contribution >= 0.6 is 0 Å². The van der Waals surface area contributed by atoms with Crippen LogP contribution < -0.4 is 0 Å². The molecule has 5 nitrogen and oxygen atoms in total. The van der Waals surface area contributed by atoms with E-state index in [-0.39, 0.29) is 12.3 Å². The smallest absolute Gasteiger partial charge is 0.304 e. The highest BCUT2D eigenvalue weighted by molar-refractivity contribution is 6.10. The van der Waals surface area contributed by atoms with E-state index < -0.39 is 5.97 Å². The highest BCUT2D eigenvalue weighted by Gasteiger charge is 2.22. The number of rotatable bonds is 8. The van der Waals surface area contributed by atoms with Gasteiger partial charge in [-0.2, -0.15) is 0 Å². The van der Waals surface area contributed by atoms with E-state index in [9.17, 15) is 15.1 Å². The molecule has 0 bridgehead atoms. The molecule has 0 aliphatic heterocycles. The Morgan fingerprint density at radius 1 is 1.00 bits per heavy atom. The molecular formula is C26H25NO4. The molecule has 0 saturated carbocycles. The van der Waals surface area contributed by atoms with Gasteiger partial charge >= 0.3 is 5.97 Å². The fraction of sp³-hybridized carbons (Fsp3) is 0.231. The van der Waals surface area contributed by atoms with Gasteiger partial charge in [0.2, 0.25) is 0 Å². The summed E-state index contributed by atoms with van der Waals surface area (Å²) in [6, 6.07) is 21.7. The van der Waals surface area contributed by atoms with Crippen molar-refractivity contribution >= 4 is 33.6 Å². The van der Waals surface area contributed by atoms with Crippen LogP contribution in [-0.2, 0) is 11.2 Å². The van der Waals surface area contributed by atoms with Crippen molar-refractivity contribution in [2.45, 2.75) is 32.6 Å². The van der Waals surface area contributed by atoms with Crippen molar-refractivity contribution < 1.29 is 19.5 Å². The summed E-state index contributed by atoms with van der Waals surface area (Å²) in [5.41, 5.74) is 5.08. The lowest BCUT2D eigenvalue weighted by Gasteiger charge is -2.17. The predicted molar refractivity (Wildman–Crippen MR) is 122 cm³/mol. The van der Waals surface area contributed by atoms with Crippen LogP contribution in [0.2, 0.25) is 0 Å². The van der Waals surface area contributed by atoms with Gasteiger partial charge < -0.3 is 14.7 Å². The van der Waals surface area contributed by atoms with Crippen molar-refractivity contribution in [3.63, 3.8) is 0 Å². The fourth-order valence-corrected chi connectivity index (χ4v) is 4.11. The van der Waals surface area contributed by atoms with Gasteiger partial charge in [0.25, 0.3) is 0 Å². The molecule has 2 N–H and O–H groups in total. The zero-order valence-corrected chi connectivity index (χ0v) is 17.4. The first-order valence-corrected chi connectivity index (χ1v) is 10.5. The zero-order chi connectivity index (χ0) is 21.8. The molecule has 0 spiro atoms. The molecule has 1 unspecified atom stereocenters. The van der Waals surface area contributed by atoms with E-state index in [1.165, 1.54) is 11.1 Å². The van der Waals surface area contributed by atoms with Gasteiger partial charge in [0.1, 0.15) is 11.2 Å². The Bertz CT molecular complexity index is 1240. The maximum atomic E-state index is 11.5. The lowest BCUT2D eigenvalue weighted by atomic mass is 9.88. The van der Waals surface area contributed by atoms with Crippen molar-refractivity contribution in [1.29, 1.82) is 0 Å². The standard InChI is InChI=1S/C26H25NO4/c1-17-9-11-18(12-10-17)5-4-6-19(16-25(28)29)26(27-30)20-13-14-24-22(15-20)21-7-2-3-8-23(21)31-24/h2-3,7-15,19,30H,4-6,16H2,1H3,(H,28,29)/b27-26+. The van der Waals surface area contributed by atoms with Crippen LogP contribution in [0.15, 0.2) is 76.3 Å². The Balaban J connectivity index is 1.59. The second-order valence-corrected chi connectivity index (χ2v) is 7.97. The number of furan rings is 1. The summed E-state index contributed by atoms with van der Waals surface area (Å²) in [6.45, 7) is 2.05. The largest absolute Gasteiger partial charge is 0.481 e. The summed E-state index contributed by atoms with van der Waals surface area (Å²) < 4.78 is 5.87. The number of benzene rings is 3. The second kappa shape index (κ2) is 9.04. The molecule has 0 radical (unpaired) electrons. The summed E-state index contributed by atoms with van der Waals surface area (Å²) in [5.74, 6) is -1.29. The Morgan fingerprint density at radius 2 is 1.74 bits per heavy atom. The highest BCUT2D eigenvalue weighted by atomic mass is 16.4. The third-order valence-corrected chi connectivity index (χ3v) is 5.73. The number of carboxylic acid groups (broad SMARTS) is 1. The number of fused-ring (bicyclic) bond motifs is 3. The molecule has 0 amide bonds. The van der Waals surface area contributed by atoms with E-state index in [4.69, 9.17) is 4.42 Å². The van der Waals surface area contributed by atoms with Crippen molar-refractivity contribution in [3.8, 4) is 0 Å². The highest BCUT2D eigenvalue weighted by Crippen LogP contribution is 2.31. The molecule has 1 aromatic heterocycles. The number of hydrogen-bond acceptors (Lipinski definition) is 4. The van der Waals surface area contributed by atoms with Crippen LogP contribution in [0, 0.1) is 12.8 Å². The van der Waals surface area contributed by atoms with Crippen LogP contribution in [0.4, 0.5) is 0 Å². The molecule has 0 aliphatic rings. The number of aryl methyl sites for hydroxylation is 2. The average molecular weight is 415 g/mol. The van der Waals surface area contributed by atoms with Gasteiger partial charge in [0.05, 0.1) is 12.1 Å². The quantitative estimate of drug-likeness (QED) is 0.204. The van der Waals surface area contributed by atoms with E-state index >= 15 is 0 Å². The lowest BCUT2D eigenvalue weighted by Crippen LogP contribution is -2.20. The minimum absolute atomic E-state index is 0.0859. The van der Waals surface area contributed by atoms with E-state index in [0.29, 0.717) is 17.7 Å². The summed E-state index contributed by atoms with van der Waals surface area (Å²) in [6.07, 6.45) is 2.18. The van der Waals surface area contributed by atoms with Crippen molar-refractivity contribution in [2.75, 3.05) is 0 Å². The van der Waals surface area contributed by atoms with Gasteiger partial charge in [-0.05, 0) is 56.0 Å². The molecule has 1 atom stereocenters. The Labute approximate surface area is 180 Å². The van der Waals surface area contributed by atoms with Crippen LogP contribution in [0.5, 0.6) is 0 Å². The number of oxime groups is 1. The first-order valence-electron chi connectivity index (χ1n) is 10.5. The molecular weight excluding hydrogens is 390 g/mol. The molecule has 0 aliphatic carbocycles. The number of carboxylic acids is 1. The molecule has 3 aromatic carbocycles. The van der Waals surface area contributed by atoms with Gasteiger partial charge in [0.15, 0.2) is 0 Å². The monoisotopic (exact) mass is 415 g/mol. The van der Waals surface area contributed by atoms with Crippen LogP contribution in [0.1, 0.15) is 36.0 Å². The number of aliphatic carboxylic acids is 1. The molecule has 0 fully saturated rings. The molecule has 5 heteroatoms. The second-order valence-electron chi connectivity index (χ2n) is 7.97. The molecule has 31 heavy (non-hydrogen) atoms. The molecule has 4 rings (SSSR count). The van der Waals surface area contributed by atoms with E-state index in [2.05, 4.69) is 36.3 Å². The summed E-state index contributed by atoms with van der Waals surface area (Å²) in [4.78, 5) is 11.5. The first kappa shape index (κ1) is 20.7. The molecule has 1 heterocycles. The SMILES string of the molecule is Cc1ccc(CCCC(CC(=O)O)/C(=N\O)c2ccc3oc4ccccc4c3c2)cc1. The maximum absolute atomic E-state index is 11.5. The van der Waals surface area contributed by atoms with Crippen LogP contribution in [0.25, 0.3) is 21.9 Å². The van der Waals surface area contributed by atoms with Crippen LogP contribution in [0.3, 0.4) is 0 Å². The Morgan fingerprint density at radius 3 is 2.48 bits per heavy atom. The van der Waals surface area contributed by atoms with E-state index in [0.717, 1.165) is 34.8 Å². The van der Waals surface area contributed by atoms with Crippen molar-refractivity contribution in [3.05, 3.63) is 83.4 Å². The van der Waals surface area contributed by atoms with Gasteiger partial charge in [-0.25, -0.2) is 0 Å². The number of hydrogen-bond donors (Lipinski definition) is 2. The number of para-hydroxylation sites is 1. The van der Waals surface area contributed by atoms with Crippen LogP contribution in [-0.4, -0.2) is 22.0 Å². The van der Waals surface area contributed by atoms with Gasteiger partial charge in [-0.15, -0.1) is 0 Å². The molecule has 0 saturated heterocycles. The summed E-state index contributed by atoms with van der Waals surface area (Å²) in [5, 5.41) is 24.7. The minimum Gasteiger partial charge on any atom is -0.481 e. The molecule has 4 aromatic rings. The summed E-state index contributed by atoms with van der Waals surface area (Å²) in [7, 11) is 0. The lowest BCUT2D eigenvalue weighted by molar-refractivity contribution is -0.137. The Kier molecular flexibility index (Phi) is 6.03. The van der Waals surface area contributed by atoms with Gasteiger partial charge in [-0.1, -0.05) is 53.2 Å². The van der Waals surface area contributed by atoms with Crippen molar-refractivity contribution in [1.82, 2.24) is 0 Å². The first-order chi connectivity index (χ1) is 15.0. The topological polar surface area (TPSA) is 83.0 Å².